The number of benzene rings is 1. The zero-order valence-corrected chi connectivity index (χ0v) is 19.1. The molecule has 1 aromatic carbocycles. The minimum atomic E-state index is -3.34. The van der Waals surface area contributed by atoms with E-state index < -0.39 is 10.0 Å². The van der Waals surface area contributed by atoms with Crippen LogP contribution in [-0.4, -0.2) is 47.0 Å². The van der Waals surface area contributed by atoms with Crippen molar-refractivity contribution in [3.8, 4) is 22.8 Å². The van der Waals surface area contributed by atoms with Gasteiger partial charge in [-0.15, -0.1) is 0 Å². The maximum absolute atomic E-state index is 11.9. The van der Waals surface area contributed by atoms with Crippen LogP contribution >= 0.6 is 11.8 Å². The number of nitrogens with one attached hydrogen (secondary N) is 1. The number of nitrogen functional groups attached to an aromatic ring is 1. The van der Waals surface area contributed by atoms with Crippen LogP contribution in [0, 0.1) is 0 Å². The summed E-state index contributed by atoms with van der Waals surface area (Å²) in [4.78, 5) is 13.8. The highest BCUT2D eigenvalue weighted by Crippen LogP contribution is 2.45. The Morgan fingerprint density at radius 3 is 2.82 bits per heavy atom. The Bertz CT molecular complexity index is 1420. The highest BCUT2D eigenvalue weighted by molar-refractivity contribution is 7.99. The Morgan fingerprint density at radius 2 is 2.06 bits per heavy atom. The third-order valence-electron chi connectivity index (χ3n) is 5.03. The van der Waals surface area contributed by atoms with Crippen LogP contribution in [-0.2, 0) is 16.6 Å². The maximum atomic E-state index is 11.9. The highest BCUT2D eigenvalue weighted by Gasteiger charge is 2.23. The summed E-state index contributed by atoms with van der Waals surface area (Å²) in [5, 5.41) is 0.569. The maximum Gasteiger partial charge on any atom is 0.231 e. The molecule has 0 aliphatic carbocycles. The summed E-state index contributed by atoms with van der Waals surface area (Å²) in [7, 11) is -3.34. The second kappa shape index (κ2) is 8.57. The van der Waals surface area contributed by atoms with Gasteiger partial charge in [0.15, 0.2) is 33.6 Å². The number of anilines is 1. The molecule has 0 saturated carbocycles. The van der Waals surface area contributed by atoms with Crippen molar-refractivity contribution in [1.82, 2.24) is 24.2 Å². The number of rotatable bonds is 8. The van der Waals surface area contributed by atoms with E-state index in [-0.39, 0.29) is 24.9 Å². The minimum Gasteiger partial charge on any atom is -0.464 e. The van der Waals surface area contributed by atoms with Gasteiger partial charge in [-0.1, -0.05) is 11.8 Å². The molecule has 11 nitrogen and oxygen atoms in total. The van der Waals surface area contributed by atoms with Crippen molar-refractivity contribution in [3.05, 3.63) is 36.9 Å². The van der Waals surface area contributed by atoms with Gasteiger partial charge in [-0.2, -0.15) is 0 Å². The molecule has 3 aromatic heterocycles. The second-order valence-electron chi connectivity index (χ2n) is 7.06. The van der Waals surface area contributed by atoms with E-state index in [4.69, 9.17) is 19.6 Å². The normalized spacial score (nSPS) is 13.1. The Morgan fingerprint density at radius 1 is 1.24 bits per heavy atom. The first kappa shape index (κ1) is 21.6. The van der Waals surface area contributed by atoms with Gasteiger partial charge in [-0.25, -0.2) is 28.1 Å². The van der Waals surface area contributed by atoms with Gasteiger partial charge in [0, 0.05) is 23.5 Å². The molecule has 0 unspecified atom stereocenters. The lowest BCUT2D eigenvalue weighted by molar-refractivity contribution is 0.174. The smallest absolute Gasteiger partial charge is 0.231 e. The Labute approximate surface area is 193 Å². The van der Waals surface area contributed by atoms with Gasteiger partial charge >= 0.3 is 0 Å². The van der Waals surface area contributed by atoms with E-state index in [0.717, 1.165) is 10.5 Å². The van der Waals surface area contributed by atoms with Crippen molar-refractivity contribution in [2.24, 2.45) is 0 Å². The molecule has 0 saturated heterocycles. The van der Waals surface area contributed by atoms with Crippen LogP contribution in [0.25, 0.3) is 22.5 Å². The first-order valence-electron chi connectivity index (χ1n) is 10.0. The van der Waals surface area contributed by atoms with Crippen LogP contribution in [0.5, 0.6) is 11.5 Å². The van der Waals surface area contributed by atoms with Crippen LogP contribution in [0.2, 0.25) is 0 Å². The summed E-state index contributed by atoms with van der Waals surface area (Å²) in [6, 6.07) is 7.39. The fourth-order valence-electron chi connectivity index (χ4n) is 3.36. The number of ether oxygens (including phenoxy) is 2. The number of hydrogen-bond acceptors (Lipinski definition) is 10. The fraction of sp³-hybridized carbons (Fsp3) is 0.250. The average Bonchev–Trinajstić information content (AvgIpc) is 3.54. The van der Waals surface area contributed by atoms with Crippen LogP contribution in [0.4, 0.5) is 5.82 Å². The van der Waals surface area contributed by atoms with Gasteiger partial charge in [0.25, 0.3) is 0 Å². The summed E-state index contributed by atoms with van der Waals surface area (Å²) in [6.07, 6.45) is 2.95. The zero-order chi connectivity index (χ0) is 23.0. The largest absolute Gasteiger partial charge is 0.464 e. The van der Waals surface area contributed by atoms with E-state index >= 15 is 0 Å². The molecule has 4 heterocycles. The molecule has 0 amide bonds. The number of nitrogens with zero attached hydrogens (tertiary/aromatic N) is 4. The number of nitrogens with two attached hydrogens (primary N) is 1. The second-order valence-corrected chi connectivity index (χ2v) is 10.2. The number of aromatic nitrogens is 4. The van der Waals surface area contributed by atoms with Crippen LogP contribution < -0.4 is 19.9 Å². The standard InChI is InChI=1S/C20H20N6O5S2/c1-2-33(27,28)24-5-6-26-19-17(18(21)22-10-23-19)25-20(26)32-16-9-15-14(30-11-31-15)8-12(16)13-4-3-7-29-13/h3-4,7-10,24H,2,5-6,11H2,1H3,(H2,21,22,23). The molecule has 4 aromatic rings. The van der Waals surface area contributed by atoms with Crippen molar-refractivity contribution < 1.29 is 22.3 Å². The van der Waals surface area contributed by atoms with Crippen molar-refractivity contribution in [2.75, 3.05) is 24.8 Å². The van der Waals surface area contributed by atoms with Gasteiger partial charge in [0.05, 0.1) is 12.0 Å². The third kappa shape index (κ3) is 4.21. The molecule has 0 spiro atoms. The predicted octanol–water partition coefficient (Wildman–Crippen LogP) is 2.49. The molecule has 0 atom stereocenters. The van der Waals surface area contributed by atoms with E-state index in [0.29, 0.717) is 40.1 Å². The number of sulfonamides is 1. The number of hydrogen-bond donors (Lipinski definition) is 2. The van der Waals surface area contributed by atoms with Crippen molar-refractivity contribution in [1.29, 1.82) is 0 Å². The average molecular weight is 489 g/mol. The Balaban J connectivity index is 1.56. The lowest BCUT2D eigenvalue weighted by atomic mass is 10.1. The van der Waals surface area contributed by atoms with Gasteiger partial charge in [-0.3, -0.25) is 0 Å². The molecule has 0 fully saturated rings. The lowest BCUT2D eigenvalue weighted by Crippen LogP contribution is -2.28. The fourth-order valence-corrected chi connectivity index (χ4v) is 5.02. The highest BCUT2D eigenvalue weighted by atomic mass is 32.2. The van der Waals surface area contributed by atoms with Crippen LogP contribution in [0.15, 0.2) is 51.3 Å². The van der Waals surface area contributed by atoms with E-state index in [2.05, 4.69) is 19.7 Å². The van der Waals surface area contributed by atoms with E-state index in [9.17, 15) is 8.42 Å². The Kier molecular flexibility index (Phi) is 5.60. The van der Waals surface area contributed by atoms with Gasteiger partial charge in [-0.05, 0) is 31.2 Å². The molecule has 1 aliphatic rings. The van der Waals surface area contributed by atoms with E-state index in [1.54, 1.807) is 19.3 Å². The number of fused-ring (bicyclic) bond motifs is 2. The molecule has 0 bridgehead atoms. The molecular formula is C20H20N6O5S2. The van der Waals surface area contributed by atoms with Gasteiger partial charge in [0.2, 0.25) is 16.8 Å². The monoisotopic (exact) mass is 488 g/mol. The molecule has 172 valence electrons. The summed E-state index contributed by atoms with van der Waals surface area (Å²) in [5.74, 6) is 2.15. The van der Waals surface area contributed by atoms with Crippen molar-refractivity contribution in [3.63, 3.8) is 0 Å². The SMILES string of the molecule is CCS(=O)(=O)NCCn1c(Sc2cc3c(cc2-c2ccco2)OCO3)nc2c(N)ncnc21. The first-order valence-corrected chi connectivity index (χ1v) is 12.5. The van der Waals surface area contributed by atoms with Crippen LogP contribution in [0.1, 0.15) is 6.92 Å². The van der Waals surface area contributed by atoms with Crippen molar-refractivity contribution in [2.45, 2.75) is 23.5 Å². The zero-order valence-electron chi connectivity index (χ0n) is 17.5. The van der Waals surface area contributed by atoms with E-state index in [1.165, 1.54) is 18.1 Å². The Hall–Kier alpha value is -3.29. The number of imidazole rings is 1. The lowest BCUT2D eigenvalue weighted by Gasteiger charge is -2.12. The molecular weight excluding hydrogens is 468 g/mol. The summed E-state index contributed by atoms with van der Waals surface area (Å²) < 4.78 is 44.9. The summed E-state index contributed by atoms with van der Waals surface area (Å²) >= 11 is 1.36. The van der Waals surface area contributed by atoms with Gasteiger partial charge in [0.1, 0.15) is 12.1 Å². The third-order valence-corrected chi connectivity index (χ3v) is 7.48. The predicted molar refractivity (Wildman–Crippen MR) is 122 cm³/mol. The molecule has 13 heteroatoms. The van der Waals surface area contributed by atoms with Crippen molar-refractivity contribution >= 4 is 38.8 Å². The number of furan rings is 1. The van der Waals surface area contributed by atoms with E-state index in [1.807, 2.05) is 22.8 Å². The topological polar surface area (TPSA) is 147 Å². The molecule has 0 radical (unpaired) electrons. The van der Waals surface area contributed by atoms with Crippen LogP contribution in [0.3, 0.4) is 0 Å². The first-order chi connectivity index (χ1) is 15.9. The molecule has 3 N–H and O–H groups in total. The quantitative estimate of drug-likeness (QED) is 0.379. The molecule has 5 rings (SSSR count). The summed E-state index contributed by atoms with van der Waals surface area (Å²) in [5.41, 5.74) is 7.80. The van der Waals surface area contributed by atoms with Gasteiger partial charge < -0.3 is 24.2 Å². The molecule has 33 heavy (non-hydrogen) atoms. The summed E-state index contributed by atoms with van der Waals surface area (Å²) in [6.45, 7) is 2.20. The molecule has 1 aliphatic heterocycles. The minimum absolute atomic E-state index is 0.00188.